The first kappa shape index (κ1) is 26.6. The molecule has 1 rings (SSSR count). The molecule has 0 aromatic carbocycles. The highest BCUT2D eigenvalue weighted by atomic mass is 127. The van der Waals surface area contributed by atoms with E-state index >= 15 is 0 Å². The van der Waals surface area contributed by atoms with Gasteiger partial charge in [-0.1, -0.05) is 0 Å². The zero-order valence-electron chi connectivity index (χ0n) is 18.7. The molecule has 0 unspecified atom stereocenters. The molecule has 1 heterocycles. The molecule has 0 fully saturated rings. The summed E-state index contributed by atoms with van der Waals surface area (Å²) in [7, 11) is 5.84. The maximum absolute atomic E-state index is 12.4. The topological polar surface area (TPSA) is 62.1 Å². The third kappa shape index (κ3) is 9.16. The van der Waals surface area contributed by atoms with Crippen molar-refractivity contribution in [3.63, 3.8) is 0 Å². The summed E-state index contributed by atoms with van der Waals surface area (Å²) in [5.74, 6) is 0.838. The summed E-state index contributed by atoms with van der Waals surface area (Å²) in [4.78, 5) is 20.6. The van der Waals surface area contributed by atoms with Crippen molar-refractivity contribution in [2.45, 2.75) is 59.2 Å². The van der Waals surface area contributed by atoms with E-state index in [1.54, 1.807) is 11.9 Å². The number of rotatable bonds is 7. The number of nitrogens with zero attached hydrogens (tertiary/aromatic N) is 4. The molecule has 1 amide bonds. The zero-order valence-corrected chi connectivity index (χ0v) is 21.0. The molecule has 7 nitrogen and oxygen atoms in total. The smallest absolute Gasteiger partial charge is 0.410 e. The van der Waals surface area contributed by atoms with Gasteiger partial charge in [0.1, 0.15) is 5.60 Å². The number of hydrogen-bond acceptors (Lipinski definition) is 3. The van der Waals surface area contributed by atoms with Crippen LogP contribution in [0.15, 0.2) is 23.3 Å². The molecular weight excluding hydrogens is 469 g/mol. The van der Waals surface area contributed by atoms with Gasteiger partial charge in [0.2, 0.25) is 0 Å². The molecule has 0 aliphatic carbocycles. The number of aryl methyl sites for hydroxylation is 1. The van der Waals surface area contributed by atoms with E-state index in [1.165, 1.54) is 5.69 Å². The van der Waals surface area contributed by atoms with E-state index < -0.39 is 5.60 Å². The summed E-state index contributed by atoms with van der Waals surface area (Å²) in [6, 6.07) is 4.24. The van der Waals surface area contributed by atoms with Crippen molar-refractivity contribution in [3.05, 3.63) is 24.0 Å². The third-order valence-corrected chi connectivity index (χ3v) is 4.13. The number of amides is 1. The predicted molar refractivity (Wildman–Crippen MR) is 126 cm³/mol. The quantitative estimate of drug-likeness (QED) is 0.265. The van der Waals surface area contributed by atoms with Gasteiger partial charge >= 0.3 is 6.09 Å². The lowest BCUT2D eigenvalue weighted by atomic mass is 10.2. The minimum Gasteiger partial charge on any atom is -0.444 e. The molecule has 0 saturated carbocycles. The maximum atomic E-state index is 12.4. The van der Waals surface area contributed by atoms with Crippen molar-refractivity contribution in [2.24, 2.45) is 12.0 Å². The second-order valence-electron chi connectivity index (χ2n) is 8.06. The van der Waals surface area contributed by atoms with E-state index in [0.717, 1.165) is 25.5 Å². The number of guanidine groups is 1. The van der Waals surface area contributed by atoms with E-state index in [2.05, 4.69) is 25.8 Å². The Morgan fingerprint density at radius 3 is 2.46 bits per heavy atom. The third-order valence-electron chi connectivity index (χ3n) is 4.13. The van der Waals surface area contributed by atoms with Crippen LogP contribution < -0.4 is 5.32 Å². The maximum Gasteiger partial charge on any atom is 0.410 e. The first-order valence-electron chi connectivity index (χ1n) is 9.56. The second kappa shape index (κ2) is 12.2. The van der Waals surface area contributed by atoms with Gasteiger partial charge in [-0.2, -0.15) is 0 Å². The summed E-state index contributed by atoms with van der Waals surface area (Å²) in [6.07, 6.45) is 2.59. The van der Waals surface area contributed by atoms with E-state index in [1.807, 2.05) is 61.0 Å². The van der Waals surface area contributed by atoms with Crippen LogP contribution in [0.2, 0.25) is 0 Å². The van der Waals surface area contributed by atoms with Gasteiger partial charge in [0.25, 0.3) is 0 Å². The first-order chi connectivity index (χ1) is 12.5. The van der Waals surface area contributed by atoms with Crippen LogP contribution in [0.3, 0.4) is 0 Å². The Morgan fingerprint density at radius 1 is 1.36 bits per heavy atom. The average Bonchev–Trinajstić information content (AvgIpc) is 2.93. The highest BCUT2D eigenvalue weighted by Gasteiger charge is 2.23. The van der Waals surface area contributed by atoms with E-state index in [4.69, 9.17) is 4.74 Å². The number of aromatic nitrogens is 1. The van der Waals surface area contributed by atoms with Crippen molar-refractivity contribution in [1.29, 1.82) is 0 Å². The lowest BCUT2D eigenvalue weighted by molar-refractivity contribution is 0.0190. The Hall–Kier alpha value is -1.45. The molecule has 0 radical (unpaired) electrons. The fraction of sp³-hybridized carbons (Fsp3) is 0.700. The van der Waals surface area contributed by atoms with Gasteiger partial charge in [-0.25, -0.2) is 4.79 Å². The normalized spacial score (nSPS) is 11.8. The minimum absolute atomic E-state index is 0. The molecule has 28 heavy (non-hydrogen) atoms. The lowest BCUT2D eigenvalue weighted by Crippen LogP contribution is -2.43. The zero-order chi connectivity index (χ0) is 20.6. The lowest BCUT2D eigenvalue weighted by Gasteiger charge is -2.30. The largest absolute Gasteiger partial charge is 0.444 e. The van der Waals surface area contributed by atoms with Gasteiger partial charge in [0, 0.05) is 52.2 Å². The number of hydrogen-bond donors (Lipinski definition) is 1. The van der Waals surface area contributed by atoms with Gasteiger partial charge in [-0.05, 0) is 53.2 Å². The molecule has 0 aliphatic rings. The van der Waals surface area contributed by atoms with Crippen molar-refractivity contribution < 1.29 is 9.53 Å². The number of nitrogens with one attached hydrogen (secondary N) is 1. The summed E-state index contributed by atoms with van der Waals surface area (Å²) in [5, 5.41) is 3.37. The second-order valence-corrected chi connectivity index (χ2v) is 8.06. The number of carbonyl (C=O) groups is 1. The van der Waals surface area contributed by atoms with Crippen LogP contribution in [0.1, 0.15) is 46.7 Å². The standard InChI is InChI=1S/C20H37N5O2.HI/c1-16(2)25(19(26)27-20(3,4)5)14-10-12-22-18(21-6)24(8)15-17-11-9-13-23(17)7;/h9,11,13,16H,10,12,14-15H2,1-8H3,(H,21,22);1H. The molecule has 0 spiro atoms. The minimum atomic E-state index is -0.482. The van der Waals surface area contributed by atoms with Gasteiger partial charge in [-0.15, -0.1) is 24.0 Å². The van der Waals surface area contributed by atoms with Crippen LogP contribution in [0.4, 0.5) is 4.79 Å². The van der Waals surface area contributed by atoms with Crippen molar-refractivity contribution >= 4 is 36.0 Å². The van der Waals surface area contributed by atoms with Gasteiger partial charge < -0.3 is 24.4 Å². The summed E-state index contributed by atoms with van der Waals surface area (Å²) >= 11 is 0. The molecule has 8 heteroatoms. The monoisotopic (exact) mass is 507 g/mol. The Bertz CT molecular complexity index is 622. The van der Waals surface area contributed by atoms with Crippen LogP contribution in [0, 0.1) is 0 Å². The fourth-order valence-corrected chi connectivity index (χ4v) is 2.69. The number of aliphatic imine (C=N–C) groups is 1. The molecule has 0 saturated heterocycles. The van der Waals surface area contributed by atoms with E-state index in [0.29, 0.717) is 6.54 Å². The molecule has 0 aliphatic heterocycles. The summed E-state index contributed by atoms with van der Waals surface area (Å²) in [6.45, 7) is 11.8. The first-order valence-corrected chi connectivity index (χ1v) is 9.56. The highest BCUT2D eigenvalue weighted by molar-refractivity contribution is 14.0. The van der Waals surface area contributed by atoms with E-state index in [-0.39, 0.29) is 36.1 Å². The van der Waals surface area contributed by atoms with Gasteiger partial charge in [0.15, 0.2) is 5.96 Å². The predicted octanol–water partition coefficient (Wildman–Crippen LogP) is 3.69. The van der Waals surface area contributed by atoms with Gasteiger partial charge in [0.05, 0.1) is 6.54 Å². The number of carbonyl (C=O) groups excluding carboxylic acids is 1. The Balaban J connectivity index is 0.00000729. The van der Waals surface area contributed by atoms with E-state index in [9.17, 15) is 4.79 Å². The van der Waals surface area contributed by atoms with Crippen molar-refractivity contribution in [3.8, 4) is 0 Å². The Kier molecular flexibility index (Phi) is 11.6. The average molecular weight is 507 g/mol. The van der Waals surface area contributed by atoms with Crippen molar-refractivity contribution in [1.82, 2.24) is 19.7 Å². The molecular formula is C20H38IN5O2. The molecule has 1 aromatic heterocycles. The number of ether oxygens (including phenoxy) is 1. The summed E-state index contributed by atoms with van der Waals surface area (Å²) < 4.78 is 7.60. The van der Waals surface area contributed by atoms with Crippen LogP contribution in [-0.2, 0) is 18.3 Å². The Morgan fingerprint density at radius 2 is 2.00 bits per heavy atom. The SMILES string of the molecule is CN=C(NCCCN(C(=O)OC(C)(C)C)C(C)C)N(C)Cc1cccn1C.I. The van der Waals surface area contributed by atoms with Crippen LogP contribution in [0.5, 0.6) is 0 Å². The van der Waals surface area contributed by atoms with Gasteiger partial charge in [-0.3, -0.25) is 4.99 Å². The molecule has 1 aromatic rings. The molecule has 1 N–H and O–H groups in total. The summed E-state index contributed by atoms with van der Waals surface area (Å²) in [5.41, 5.74) is 0.737. The molecule has 0 atom stereocenters. The van der Waals surface area contributed by atoms with Crippen LogP contribution >= 0.6 is 24.0 Å². The van der Waals surface area contributed by atoms with Crippen molar-refractivity contribution in [2.75, 3.05) is 27.2 Å². The van der Waals surface area contributed by atoms with Crippen LogP contribution in [-0.4, -0.2) is 65.2 Å². The number of halogens is 1. The van der Waals surface area contributed by atoms with Crippen LogP contribution in [0.25, 0.3) is 0 Å². The molecule has 0 bridgehead atoms. The fourth-order valence-electron chi connectivity index (χ4n) is 2.69. The molecule has 162 valence electrons. The Labute approximate surface area is 187 Å². The highest BCUT2D eigenvalue weighted by Crippen LogP contribution is 2.12.